The topological polar surface area (TPSA) is 91.7 Å². The number of esters is 1. The molecular weight excluding hydrogens is 338 g/mol. The van der Waals surface area contributed by atoms with E-state index in [1.54, 1.807) is 10.9 Å². The Hall–Kier alpha value is -2.09. The van der Waals surface area contributed by atoms with Crippen LogP contribution in [0.4, 0.5) is 4.79 Å². The fraction of sp³-hybridized carbons (Fsp3) is 0.722. The predicted molar refractivity (Wildman–Crippen MR) is 94.8 cm³/mol. The molecule has 0 unspecified atom stereocenters. The Morgan fingerprint density at radius 2 is 2.12 bits per heavy atom. The van der Waals surface area contributed by atoms with Gasteiger partial charge in [0.15, 0.2) is 0 Å². The Balaban J connectivity index is 1.58. The zero-order valence-electron chi connectivity index (χ0n) is 16.0. The zero-order valence-corrected chi connectivity index (χ0v) is 16.0. The van der Waals surface area contributed by atoms with Crippen LogP contribution in [0.25, 0.3) is 0 Å². The minimum Gasteiger partial charge on any atom is -0.466 e. The molecule has 1 amide bonds. The van der Waals surface area contributed by atoms with Gasteiger partial charge in [0.05, 0.1) is 38.5 Å². The summed E-state index contributed by atoms with van der Waals surface area (Å²) in [6.45, 7) is 9.58. The summed E-state index contributed by atoms with van der Waals surface area (Å²) >= 11 is 0. The quantitative estimate of drug-likeness (QED) is 0.531. The van der Waals surface area contributed by atoms with Crippen molar-refractivity contribution in [2.45, 2.75) is 52.2 Å². The van der Waals surface area contributed by atoms with Gasteiger partial charge in [-0.3, -0.25) is 9.48 Å². The van der Waals surface area contributed by atoms with Crippen LogP contribution in [0.2, 0.25) is 0 Å². The van der Waals surface area contributed by atoms with Crippen molar-refractivity contribution in [3.8, 4) is 0 Å². The fourth-order valence-corrected chi connectivity index (χ4v) is 2.57. The van der Waals surface area contributed by atoms with Crippen molar-refractivity contribution in [1.82, 2.24) is 15.1 Å². The van der Waals surface area contributed by atoms with Crippen LogP contribution in [0.1, 0.15) is 45.6 Å². The monoisotopic (exact) mass is 367 g/mol. The van der Waals surface area contributed by atoms with E-state index in [2.05, 4.69) is 10.4 Å². The molecule has 8 heteroatoms. The van der Waals surface area contributed by atoms with Crippen LogP contribution in [0.3, 0.4) is 0 Å². The molecule has 1 saturated carbocycles. The van der Waals surface area contributed by atoms with Gasteiger partial charge in [-0.05, 0) is 39.7 Å². The molecule has 0 radical (unpaired) electrons. The zero-order chi connectivity index (χ0) is 19.2. The first-order chi connectivity index (χ1) is 12.3. The van der Waals surface area contributed by atoms with Gasteiger partial charge in [0.25, 0.3) is 0 Å². The molecule has 1 aliphatic rings. The Morgan fingerprint density at radius 3 is 2.81 bits per heavy atom. The third kappa shape index (κ3) is 6.67. The van der Waals surface area contributed by atoms with E-state index in [9.17, 15) is 9.59 Å². The minimum atomic E-state index is -0.503. The van der Waals surface area contributed by atoms with Crippen molar-refractivity contribution in [3.05, 3.63) is 18.0 Å². The van der Waals surface area contributed by atoms with Crippen LogP contribution in [-0.4, -0.2) is 53.8 Å². The van der Waals surface area contributed by atoms with Crippen LogP contribution in [0.15, 0.2) is 12.4 Å². The number of aromatic nitrogens is 2. The summed E-state index contributed by atoms with van der Waals surface area (Å²) in [5.74, 6) is 0.0793. The molecule has 1 aromatic heterocycles. The molecule has 1 aliphatic carbocycles. The van der Waals surface area contributed by atoms with Crippen LogP contribution in [0, 0.1) is 5.92 Å². The number of alkyl carbamates (subject to hydrolysis) is 1. The van der Waals surface area contributed by atoms with Gasteiger partial charge in [-0.2, -0.15) is 5.10 Å². The minimum absolute atomic E-state index is 0.0252. The summed E-state index contributed by atoms with van der Waals surface area (Å²) in [5.41, 5.74) is 0.561. The summed E-state index contributed by atoms with van der Waals surface area (Å²) in [4.78, 5) is 23.1. The largest absolute Gasteiger partial charge is 0.466 e. The highest BCUT2D eigenvalue weighted by atomic mass is 16.6. The number of carbonyl (C=O) groups excluding carboxylic acids is 2. The number of nitrogens with zero attached hydrogens (tertiary/aromatic N) is 2. The lowest BCUT2D eigenvalue weighted by atomic mass is 10.2. The van der Waals surface area contributed by atoms with Gasteiger partial charge in [0, 0.05) is 18.7 Å². The lowest BCUT2D eigenvalue weighted by molar-refractivity contribution is -0.144. The molecule has 0 saturated heterocycles. The number of nitrogens with one attached hydrogen (secondary N) is 1. The second-order valence-corrected chi connectivity index (χ2v) is 7.28. The van der Waals surface area contributed by atoms with Crippen molar-refractivity contribution >= 4 is 12.1 Å². The maximum atomic E-state index is 11.7. The van der Waals surface area contributed by atoms with Crippen molar-refractivity contribution < 1.29 is 23.8 Å². The highest BCUT2D eigenvalue weighted by Gasteiger charge is 2.45. The first-order valence-corrected chi connectivity index (χ1v) is 9.03. The second-order valence-electron chi connectivity index (χ2n) is 7.28. The Labute approximate surface area is 154 Å². The normalized spacial score (nSPS) is 19.1. The molecular formula is C18H29N3O5. The molecule has 1 heterocycles. The molecule has 146 valence electrons. The summed E-state index contributed by atoms with van der Waals surface area (Å²) in [7, 11) is 0. The van der Waals surface area contributed by atoms with Crippen LogP contribution < -0.4 is 5.32 Å². The molecule has 0 aliphatic heterocycles. The number of hydrogen-bond donors (Lipinski definition) is 1. The molecule has 1 fully saturated rings. The van der Waals surface area contributed by atoms with Crippen LogP contribution in [0.5, 0.6) is 0 Å². The fourth-order valence-electron chi connectivity index (χ4n) is 2.57. The van der Waals surface area contributed by atoms with Gasteiger partial charge in [0.2, 0.25) is 0 Å². The van der Waals surface area contributed by atoms with E-state index in [-0.39, 0.29) is 17.8 Å². The number of rotatable bonds is 9. The third-order valence-corrected chi connectivity index (χ3v) is 3.84. The van der Waals surface area contributed by atoms with E-state index in [0.29, 0.717) is 32.9 Å². The molecule has 1 N–H and O–H groups in total. The molecule has 1 aromatic rings. The Kier molecular flexibility index (Phi) is 7.02. The first kappa shape index (κ1) is 20.2. The van der Waals surface area contributed by atoms with Crippen LogP contribution in [-0.2, 0) is 25.5 Å². The number of hydrogen-bond acceptors (Lipinski definition) is 6. The Bertz CT molecular complexity index is 608. The highest BCUT2D eigenvalue weighted by molar-refractivity contribution is 5.77. The number of ether oxygens (including phenoxy) is 3. The smallest absolute Gasteiger partial charge is 0.407 e. The summed E-state index contributed by atoms with van der Waals surface area (Å²) in [5, 5.41) is 6.94. The highest BCUT2D eigenvalue weighted by Crippen LogP contribution is 2.47. The third-order valence-electron chi connectivity index (χ3n) is 3.84. The molecule has 0 spiro atoms. The lowest BCUT2D eigenvalue weighted by Gasteiger charge is -2.19. The molecule has 2 rings (SSSR count). The first-order valence-electron chi connectivity index (χ1n) is 9.03. The van der Waals surface area contributed by atoms with Gasteiger partial charge in [-0.25, -0.2) is 4.79 Å². The molecule has 8 nitrogen and oxygen atoms in total. The lowest BCUT2D eigenvalue weighted by Crippen LogP contribution is -2.34. The molecule has 26 heavy (non-hydrogen) atoms. The van der Waals surface area contributed by atoms with Gasteiger partial charge in [0.1, 0.15) is 5.60 Å². The van der Waals surface area contributed by atoms with E-state index in [1.165, 1.54) is 0 Å². The van der Waals surface area contributed by atoms with Crippen molar-refractivity contribution in [1.29, 1.82) is 0 Å². The predicted octanol–water partition coefficient (Wildman–Crippen LogP) is 2.09. The van der Waals surface area contributed by atoms with Gasteiger partial charge < -0.3 is 19.5 Å². The van der Waals surface area contributed by atoms with Gasteiger partial charge in [-0.15, -0.1) is 0 Å². The van der Waals surface area contributed by atoms with Crippen molar-refractivity contribution in [3.63, 3.8) is 0 Å². The average molecular weight is 367 g/mol. The average Bonchev–Trinajstić information content (AvgIpc) is 3.21. The van der Waals surface area contributed by atoms with Gasteiger partial charge >= 0.3 is 12.1 Å². The SMILES string of the molecule is CCOC(=O)[C@H]1C[C@@H]1c1cnn(CCOCCNC(=O)OC(C)(C)C)c1. The van der Waals surface area contributed by atoms with E-state index >= 15 is 0 Å². The van der Waals surface area contributed by atoms with E-state index in [1.807, 2.05) is 33.9 Å². The standard InChI is InChI=1S/C18H29N3O5/c1-5-25-16(22)15-10-14(15)13-11-20-21(12-13)7-9-24-8-6-19-17(23)26-18(2,3)4/h11-12,14-15H,5-10H2,1-4H3,(H,19,23)/t14-,15+/m1/s1. The van der Waals surface area contributed by atoms with Crippen molar-refractivity contribution in [2.24, 2.45) is 5.92 Å². The van der Waals surface area contributed by atoms with Crippen molar-refractivity contribution in [2.75, 3.05) is 26.4 Å². The van der Waals surface area contributed by atoms with E-state index in [0.717, 1.165) is 12.0 Å². The maximum Gasteiger partial charge on any atom is 0.407 e. The molecule has 0 aromatic carbocycles. The van der Waals surface area contributed by atoms with Crippen LogP contribution >= 0.6 is 0 Å². The van der Waals surface area contributed by atoms with E-state index < -0.39 is 11.7 Å². The second kappa shape index (κ2) is 9.02. The van der Waals surface area contributed by atoms with E-state index in [4.69, 9.17) is 14.2 Å². The maximum absolute atomic E-state index is 11.7. The number of amides is 1. The summed E-state index contributed by atoms with van der Waals surface area (Å²) in [6, 6.07) is 0. The summed E-state index contributed by atoms with van der Waals surface area (Å²) in [6.07, 6.45) is 4.13. The molecule has 0 bridgehead atoms. The molecule has 2 atom stereocenters. The summed E-state index contributed by atoms with van der Waals surface area (Å²) < 4.78 is 17.5. The van der Waals surface area contributed by atoms with Gasteiger partial charge in [-0.1, -0.05) is 0 Å². The number of carbonyl (C=O) groups is 2. The Morgan fingerprint density at radius 1 is 1.35 bits per heavy atom.